The predicted molar refractivity (Wildman–Crippen MR) is 110 cm³/mol. The first-order chi connectivity index (χ1) is 12.8. The van der Waals surface area contributed by atoms with Crippen molar-refractivity contribution in [2.24, 2.45) is 17.3 Å². The number of hydrogen-bond donors (Lipinski definition) is 1. The zero-order valence-corrected chi connectivity index (χ0v) is 18.3. The van der Waals surface area contributed by atoms with Crippen LogP contribution in [0.15, 0.2) is 12.1 Å². The Balaban J connectivity index is 1.52. The molecule has 3 nitrogen and oxygen atoms in total. The third-order valence-electron chi connectivity index (χ3n) is 8.45. The first-order valence-electron chi connectivity index (χ1n) is 10.9. The van der Waals surface area contributed by atoms with Gasteiger partial charge in [0.1, 0.15) is 5.75 Å². The summed E-state index contributed by atoms with van der Waals surface area (Å²) in [6.45, 7) is 11.0. The van der Waals surface area contributed by atoms with Crippen LogP contribution in [0.2, 0.25) is 19.6 Å². The third kappa shape index (κ3) is 2.45. The van der Waals surface area contributed by atoms with Crippen LogP contribution < -0.4 is 5.19 Å². The van der Waals surface area contributed by atoms with Crippen LogP contribution >= 0.6 is 0 Å². The molecule has 148 valence electrons. The molecule has 0 aromatic heterocycles. The van der Waals surface area contributed by atoms with E-state index in [9.17, 15) is 5.11 Å². The van der Waals surface area contributed by atoms with E-state index in [1.165, 1.54) is 36.4 Å². The highest BCUT2D eigenvalue weighted by atomic mass is 28.3. The number of benzene rings is 1. The summed E-state index contributed by atoms with van der Waals surface area (Å²) < 4.78 is 12.5. The minimum atomic E-state index is -1.55. The van der Waals surface area contributed by atoms with Crippen LogP contribution in [-0.2, 0) is 15.9 Å². The van der Waals surface area contributed by atoms with Crippen molar-refractivity contribution in [1.29, 1.82) is 0 Å². The highest BCUT2D eigenvalue weighted by Crippen LogP contribution is 2.66. The van der Waals surface area contributed by atoms with Crippen molar-refractivity contribution in [3.8, 4) is 5.75 Å². The van der Waals surface area contributed by atoms with Crippen molar-refractivity contribution in [2.45, 2.75) is 76.8 Å². The number of aryl methyl sites for hydroxylation is 1. The summed E-state index contributed by atoms with van der Waals surface area (Å²) in [6.07, 6.45) is 7.10. The quantitative estimate of drug-likeness (QED) is 0.720. The fourth-order valence-corrected chi connectivity index (χ4v) is 8.52. The van der Waals surface area contributed by atoms with Gasteiger partial charge in [0.05, 0.1) is 21.3 Å². The second kappa shape index (κ2) is 5.84. The van der Waals surface area contributed by atoms with Gasteiger partial charge in [-0.05, 0) is 72.2 Å². The maximum Gasteiger partial charge on any atom is 0.174 e. The molecular formula is C23H34O3Si. The fraction of sp³-hybridized carbons (Fsp3) is 0.739. The monoisotopic (exact) mass is 386 g/mol. The van der Waals surface area contributed by atoms with Crippen LogP contribution in [0.25, 0.3) is 0 Å². The average Bonchev–Trinajstić information content (AvgIpc) is 3.20. The molecule has 1 heterocycles. The Morgan fingerprint density at radius 3 is 2.48 bits per heavy atom. The first kappa shape index (κ1) is 18.2. The van der Waals surface area contributed by atoms with E-state index in [1.54, 1.807) is 5.56 Å². The molecule has 2 saturated carbocycles. The van der Waals surface area contributed by atoms with Gasteiger partial charge in [-0.15, -0.1) is 0 Å². The number of hydrogen-bond acceptors (Lipinski definition) is 3. The Labute approximate surface area is 164 Å². The van der Waals surface area contributed by atoms with Gasteiger partial charge in [0, 0.05) is 11.8 Å². The molecule has 0 amide bonds. The van der Waals surface area contributed by atoms with Crippen LogP contribution in [0.1, 0.15) is 56.1 Å². The lowest BCUT2D eigenvalue weighted by molar-refractivity contribution is -0.237. The van der Waals surface area contributed by atoms with E-state index in [0.29, 0.717) is 17.6 Å². The molecule has 1 aromatic carbocycles. The molecule has 5 rings (SSSR count). The van der Waals surface area contributed by atoms with Crippen molar-refractivity contribution in [1.82, 2.24) is 0 Å². The molecular weight excluding hydrogens is 352 g/mol. The van der Waals surface area contributed by atoms with E-state index in [1.807, 2.05) is 0 Å². The van der Waals surface area contributed by atoms with E-state index >= 15 is 0 Å². The maximum absolute atomic E-state index is 10.6. The second-order valence-electron chi connectivity index (χ2n) is 10.7. The molecule has 0 radical (unpaired) electrons. The Morgan fingerprint density at radius 1 is 1.04 bits per heavy atom. The lowest BCUT2D eigenvalue weighted by atomic mass is 9.55. The predicted octanol–water partition coefficient (Wildman–Crippen LogP) is 4.54. The Morgan fingerprint density at radius 2 is 1.78 bits per heavy atom. The van der Waals surface area contributed by atoms with Gasteiger partial charge in [-0.25, -0.2) is 0 Å². The van der Waals surface area contributed by atoms with Crippen molar-refractivity contribution in [2.75, 3.05) is 13.2 Å². The van der Waals surface area contributed by atoms with Crippen LogP contribution in [0.5, 0.6) is 5.75 Å². The summed E-state index contributed by atoms with van der Waals surface area (Å²) in [7, 11) is -1.55. The van der Waals surface area contributed by atoms with Gasteiger partial charge in [-0.1, -0.05) is 32.6 Å². The highest BCUT2D eigenvalue weighted by Gasteiger charge is 2.65. The van der Waals surface area contributed by atoms with E-state index < -0.39 is 8.07 Å². The van der Waals surface area contributed by atoms with E-state index in [0.717, 1.165) is 32.0 Å². The zero-order chi connectivity index (χ0) is 19.0. The van der Waals surface area contributed by atoms with E-state index in [-0.39, 0.29) is 11.2 Å². The van der Waals surface area contributed by atoms with E-state index in [2.05, 4.69) is 38.7 Å². The zero-order valence-electron chi connectivity index (χ0n) is 17.3. The normalized spacial score (nSPS) is 37.1. The lowest BCUT2D eigenvalue weighted by Gasteiger charge is -2.53. The molecule has 27 heavy (non-hydrogen) atoms. The van der Waals surface area contributed by atoms with Crippen molar-refractivity contribution >= 4 is 13.3 Å². The average molecular weight is 387 g/mol. The number of rotatable bonds is 1. The molecule has 0 unspecified atom stereocenters. The molecule has 1 saturated heterocycles. The molecule has 4 heteroatoms. The summed E-state index contributed by atoms with van der Waals surface area (Å²) in [5, 5.41) is 11.9. The summed E-state index contributed by atoms with van der Waals surface area (Å²) in [4.78, 5) is 0. The molecule has 0 bridgehead atoms. The molecule has 3 fully saturated rings. The van der Waals surface area contributed by atoms with Crippen molar-refractivity contribution in [3.05, 3.63) is 23.3 Å². The van der Waals surface area contributed by atoms with Gasteiger partial charge in [0.2, 0.25) is 0 Å². The first-order valence-corrected chi connectivity index (χ1v) is 14.4. The Hall–Kier alpha value is -0.843. The largest absolute Gasteiger partial charge is 0.508 e. The molecule has 1 aromatic rings. The SMILES string of the molecule is C[C@]12CC[C@@H]3c4cc([Si](C)(C)C)c(O)cc4CC[C@H]3[C@@H]1CCC21OCCO1. The molecule has 1 N–H and O–H groups in total. The number of phenols is 1. The van der Waals surface area contributed by atoms with Gasteiger partial charge in [-0.2, -0.15) is 0 Å². The molecule has 4 aliphatic rings. The molecule has 3 aliphatic carbocycles. The van der Waals surface area contributed by atoms with Crippen LogP contribution in [0.3, 0.4) is 0 Å². The number of ether oxygens (including phenoxy) is 2. The van der Waals surface area contributed by atoms with Gasteiger partial charge in [0.15, 0.2) is 5.79 Å². The summed E-state index contributed by atoms with van der Waals surface area (Å²) in [5.74, 6) is 2.33. The minimum absolute atomic E-state index is 0.167. The maximum atomic E-state index is 10.6. The summed E-state index contributed by atoms with van der Waals surface area (Å²) in [6, 6.07) is 4.51. The van der Waals surface area contributed by atoms with Crippen LogP contribution in [-0.4, -0.2) is 32.2 Å². The van der Waals surface area contributed by atoms with Gasteiger partial charge in [0.25, 0.3) is 0 Å². The van der Waals surface area contributed by atoms with E-state index in [4.69, 9.17) is 9.47 Å². The Kier molecular flexibility index (Phi) is 3.93. The van der Waals surface area contributed by atoms with Crippen molar-refractivity contribution < 1.29 is 14.6 Å². The van der Waals surface area contributed by atoms with Crippen LogP contribution in [0.4, 0.5) is 0 Å². The number of aromatic hydroxyl groups is 1. The van der Waals surface area contributed by atoms with Gasteiger partial charge in [-0.3, -0.25) is 0 Å². The summed E-state index contributed by atoms with van der Waals surface area (Å²) in [5.41, 5.74) is 3.12. The van der Waals surface area contributed by atoms with Crippen molar-refractivity contribution in [3.63, 3.8) is 0 Å². The lowest BCUT2D eigenvalue weighted by Crippen LogP contribution is -2.51. The van der Waals surface area contributed by atoms with Gasteiger partial charge < -0.3 is 14.6 Å². The summed E-state index contributed by atoms with van der Waals surface area (Å²) >= 11 is 0. The standard InChI is InChI=1S/C23H34O3Si/c1-22-9-7-16-17(19(22)8-10-23(22)25-11-12-26-23)6-5-15-13-20(24)21(14-18(15)16)27(2,3)4/h13-14,16-17,19,24H,5-12H2,1-4H3/t16-,17+,19-,22-/m0/s1. The molecule has 4 atom stereocenters. The Bertz CT molecular complexity index is 762. The van der Waals surface area contributed by atoms with Crippen LogP contribution in [0, 0.1) is 17.3 Å². The fourth-order valence-electron chi connectivity index (χ4n) is 7.09. The van der Waals surface area contributed by atoms with Gasteiger partial charge >= 0.3 is 0 Å². The highest BCUT2D eigenvalue weighted by molar-refractivity contribution is 6.89. The smallest absolute Gasteiger partial charge is 0.174 e. The number of phenolic OH excluding ortho intramolecular Hbond substituents is 1. The second-order valence-corrected chi connectivity index (χ2v) is 15.7. The number of fused-ring (bicyclic) bond motifs is 6. The third-order valence-corrected chi connectivity index (χ3v) is 10.5. The molecule has 1 aliphatic heterocycles. The topological polar surface area (TPSA) is 38.7 Å². The molecule has 1 spiro atoms. The minimum Gasteiger partial charge on any atom is -0.508 e.